The van der Waals surface area contributed by atoms with E-state index < -0.39 is 0 Å². The molecule has 0 saturated carbocycles. The van der Waals surface area contributed by atoms with E-state index in [1.165, 1.54) is 6.08 Å². The molecule has 20 heavy (non-hydrogen) atoms. The molecule has 0 spiro atoms. The third-order valence-corrected chi connectivity index (χ3v) is 3.73. The van der Waals surface area contributed by atoms with Gasteiger partial charge in [0, 0.05) is 12.2 Å². The number of halogens is 2. The molecule has 1 fully saturated rings. The van der Waals surface area contributed by atoms with Gasteiger partial charge in [0.05, 0.1) is 16.7 Å². The standard InChI is InChI=1S/C15H16Cl2O3/c16-12-7-6-11(10-13(12)17)14(18)4-3-9-20-15-5-1-2-8-19-15/h3-4,6-7,10,15H,1-2,5,8-9H2. The SMILES string of the molecule is O=C(C=CCOC1CCCCO1)c1ccc(Cl)c(Cl)c1. The summed E-state index contributed by atoms with van der Waals surface area (Å²) in [7, 11) is 0. The van der Waals surface area contributed by atoms with Crippen LogP contribution in [-0.2, 0) is 9.47 Å². The fourth-order valence-corrected chi connectivity index (χ4v) is 2.20. The van der Waals surface area contributed by atoms with Crippen molar-refractivity contribution < 1.29 is 14.3 Å². The second-order valence-electron chi connectivity index (χ2n) is 4.52. The van der Waals surface area contributed by atoms with Crippen molar-refractivity contribution in [3.05, 3.63) is 46.0 Å². The van der Waals surface area contributed by atoms with Crippen molar-refractivity contribution in [3.8, 4) is 0 Å². The Morgan fingerprint density at radius 1 is 1.35 bits per heavy atom. The molecule has 1 aliphatic heterocycles. The Hall–Kier alpha value is -0.870. The van der Waals surface area contributed by atoms with Crippen LogP contribution in [-0.4, -0.2) is 25.3 Å². The Balaban J connectivity index is 1.81. The summed E-state index contributed by atoms with van der Waals surface area (Å²) >= 11 is 11.7. The first-order valence-corrected chi connectivity index (χ1v) is 7.31. The van der Waals surface area contributed by atoms with E-state index >= 15 is 0 Å². The average Bonchev–Trinajstić information content (AvgIpc) is 2.47. The zero-order valence-corrected chi connectivity index (χ0v) is 12.5. The monoisotopic (exact) mass is 314 g/mol. The van der Waals surface area contributed by atoms with Gasteiger partial charge in [0.15, 0.2) is 12.1 Å². The van der Waals surface area contributed by atoms with E-state index in [4.69, 9.17) is 32.7 Å². The molecule has 108 valence electrons. The number of allylic oxidation sites excluding steroid dienone is 1. The van der Waals surface area contributed by atoms with Gasteiger partial charge in [0.25, 0.3) is 0 Å². The number of hydrogen-bond donors (Lipinski definition) is 0. The molecule has 3 nitrogen and oxygen atoms in total. The van der Waals surface area contributed by atoms with Crippen LogP contribution in [0.3, 0.4) is 0 Å². The summed E-state index contributed by atoms with van der Waals surface area (Å²) in [5.41, 5.74) is 0.504. The van der Waals surface area contributed by atoms with Crippen molar-refractivity contribution in [2.45, 2.75) is 25.6 Å². The fourth-order valence-electron chi connectivity index (χ4n) is 1.91. The molecule has 1 aliphatic rings. The maximum Gasteiger partial charge on any atom is 0.185 e. The molecule has 1 saturated heterocycles. The Bertz CT molecular complexity index is 494. The largest absolute Gasteiger partial charge is 0.353 e. The van der Waals surface area contributed by atoms with Gasteiger partial charge in [-0.2, -0.15) is 0 Å². The van der Waals surface area contributed by atoms with Crippen molar-refractivity contribution in [1.29, 1.82) is 0 Å². The van der Waals surface area contributed by atoms with Crippen molar-refractivity contribution in [1.82, 2.24) is 0 Å². The summed E-state index contributed by atoms with van der Waals surface area (Å²) in [5, 5.41) is 0.808. The lowest BCUT2D eigenvalue weighted by atomic mass is 10.1. The first-order chi connectivity index (χ1) is 9.66. The maximum atomic E-state index is 11.9. The molecule has 0 aliphatic carbocycles. The second kappa shape index (κ2) is 7.79. The van der Waals surface area contributed by atoms with E-state index in [2.05, 4.69) is 0 Å². The third kappa shape index (κ3) is 4.60. The van der Waals surface area contributed by atoms with Gasteiger partial charge in [-0.25, -0.2) is 0 Å². The van der Waals surface area contributed by atoms with Gasteiger partial charge in [-0.15, -0.1) is 0 Å². The van der Waals surface area contributed by atoms with Crippen LogP contribution in [0, 0.1) is 0 Å². The molecule has 1 aromatic carbocycles. The minimum absolute atomic E-state index is 0.128. The molecule has 0 N–H and O–H groups in total. The Labute approximate surface area is 128 Å². The zero-order chi connectivity index (χ0) is 14.4. The van der Waals surface area contributed by atoms with Gasteiger partial charge in [-0.05, 0) is 43.5 Å². The molecule has 2 rings (SSSR count). The zero-order valence-electron chi connectivity index (χ0n) is 11.0. The molecule has 1 aromatic rings. The summed E-state index contributed by atoms with van der Waals surface area (Å²) in [6.45, 7) is 1.11. The molecule has 5 heteroatoms. The van der Waals surface area contributed by atoms with Crippen molar-refractivity contribution in [2.24, 2.45) is 0 Å². The van der Waals surface area contributed by atoms with E-state index in [0.717, 1.165) is 25.9 Å². The van der Waals surface area contributed by atoms with Crippen LogP contribution in [0.2, 0.25) is 10.0 Å². The number of ketones is 1. The fraction of sp³-hybridized carbons (Fsp3) is 0.400. The van der Waals surface area contributed by atoms with Crippen LogP contribution in [0.25, 0.3) is 0 Å². The molecule has 1 atom stereocenters. The average molecular weight is 315 g/mol. The lowest BCUT2D eigenvalue weighted by Crippen LogP contribution is -2.22. The van der Waals surface area contributed by atoms with Crippen LogP contribution < -0.4 is 0 Å². The van der Waals surface area contributed by atoms with Crippen LogP contribution in [0.4, 0.5) is 0 Å². The van der Waals surface area contributed by atoms with E-state index in [-0.39, 0.29) is 12.1 Å². The number of carbonyl (C=O) groups is 1. The van der Waals surface area contributed by atoms with Crippen molar-refractivity contribution >= 4 is 29.0 Å². The lowest BCUT2D eigenvalue weighted by molar-refractivity contribution is -0.155. The Morgan fingerprint density at radius 2 is 2.20 bits per heavy atom. The molecule has 0 bridgehead atoms. The first-order valence-electron chi connectivity index (χ1n) is 6.56. The minimum atomic E-state index is -0.145. The van der Waals surface area contributed by atoms with Crippen LogP contribution >= 0.6 is 23.2 Å². The highest BCUT2D eigenvalue weighted by molar-refractivity contribution is 6.42. The molecular formula is C15H16Cl2O3. The highest BCUT2D eigenvalue weighted by Gasteiger charge is 2.12. The molecule has 0 radical (unpaired) electrons. The second-order valence-corrected chi connectivity index (χ2v) is 5.34. The Kier molecular flexibility index (Phi) is 6.05. The number of ether oxygens (including phenoxy) is 2. The summed E-state index contributed by atoms with van der Waals surface area (Å²) < 4.78 is 10.9. The van der Waals surface area contributed by atoms with Crippen molar-refractivity contribution in [2.75, 3.05) is 13.2 Å². The maximum absolute atomic E-state index is 11.9. The van der Waals surface area contributed by atoms with E-state index in [0.29, 0.717) is 22.2 Å². The van der Waals surface area contributed by atoms with E-state index in [1.807, 2.05) is 0 Å². The predicted octanol–water partition coefficient (Wildman–Crippen LogP) is 4.28. The summed E-state index contributed by atoms with van der Waals surface area (Å²) in [6, 6.07) is 4.81. The van der Waals surface area contributed by atoms with Crippen LogP contribution in [0.5, 0.6) is 0 Å². The molecule has 0 aromatic heterocycles. The summed E-state index contributed by atoms with van der Waals surface area (Å²) in [5.74, 6) is -0.128. The summed E-state index contributed by atoms with van der Waals surface area (Å²) in [4.78, 5) is 11.9. The van der Waals surface area contributed by atoms with E-state index in [9.17, 15) is 4.79 Å². The first kappa shape index (κ1) is 15.5. The lowest BCUT2D eigenvalue weighted by Gasteiger charge is -2.21. The number of rotatable bonds is 5. The topological polar surface area (TPSA) is 35.5 Å². The van der Waals surface area contributed by atoms with Crippen molar-refractivity contribution in [3.63, 3.8) is 0 Å². The summed E-state index contributed by atoms with van der Waals surface area (Å²) in [6.07, 6.45) is 6.13. The highest BCUT2D eigenvalue weighted by atomic mass is 35.5. The van der Waals surface area contributed by atoms with Crippen LogP contribution in [0.15, 0.2) is 30.4 Å². The quantitative estimate of drug-likeness (QED) is 0.601. The smallest absolute Gasteiger partial charge is 0.185 e. The molecule has 1 unspecified atom stereocenters. The Morgan fingerprint density at radius 3 is 2.90 bits per heavy atom. The van der Waals surface area contributed by atoms with Gasteiger partial charge in [0.1, 0.15) is 0 Å². The third-order valence-electron chi connectivity index (χ3n) is 2.99. The van der Waals surface area contributed by atoms with Gasteiger partial charge in [0.2, 0.25) is 0 Å². The minimum Gasteiger partial charge on any atom is -0.353 e. The van der Waals surface area contributed by atoms with Gasteiger partial charge >= 0.3 is 0 Å². The van der Waals surface area contributed by atoms with Gasteiger partial charge in [-0.1, -0.05) is 29.3 Å². The highest BCUT2D eigenvalue weighted by Crippen LogP contribution is 2.22. The van der Waals surface area contributed by atoms with Crippen LogP contribution in [0.1, 0.15) is 29.6 Å². The normalized spacial score (nSPS) is 19.4. The predicted molar refractivity (Wildman–Crippen MR) is 79.5 cm³/mol. The molecular weight excluding hydrogens is 299 g/mol. The number of benzene rings is 1. The number of carbonyl (C=O) groups excluding carboxylic acids is 1. The number of hydrogen-bond acceptors (Lipinski definition) is 3. The molecule has 0 amide bonds. The van der Waals surface area contributed by atoms with E-state index in [1.54, 1.807) is 24.3 Å². The van der Waals surface area contributed by atoms with Gasteiger partial charge in [-0.3, -0.25) is 4.79 Å². The van der Waals surface area contributed by atoms with Gasteiger partial charge < -0.3 is 9.47 Å². The molecule has 1 heterocycles.